The van der Waals surface area contributed by atoms with Gasteiger partial charge in [-0.1, -0.05) is 51.1 Å². The summed E-state index contributed by atoms with van der Waals surface area (Å²) in [5.74, 6) is -5.47. The summed E-state index contributed by atoms with van der Waals surface area (Å²) in [5.41, 5.74) is -0.559. The summed E-state index contributed by atoms with van der Waals surface area (Å²) in [4.78, 5) is 24.7. The van der Waals surface area contributed by atoms with Crippen molar-refractivity contribution in [3.8, 4) is 0 Å². The molecule has 0 spiro atoms. The number of hydrogen-bond acceptors (Lipinski definition) is 2. The third kappa shape index (κ3) is 2.01. The van der Waals surface area contributed by atoms with E-state index in [2.05, 4.69) is 0 Å². The van der Waals surface area contributed by atoms with Crippen molar-refractivity contribution < 1.29 is 18.4 Å². The molecular weight excluding hydrogens is 264 g/mol. The van der Waals surface area contributed by atoms with E-state index in [4.69, 9.17) is 0 Å². The number of likely N-dealkylation sites (tertiary alicyclic amines) is 1. The van der Waals surface area contributed by atoms with E-state index in [1.54, 1.807) is 39.0 Å². The van der Waals surface area contributed by atoms with Gasteiger partial charge < -0.3 is 0 Å². The monoisotopic (exact) mass is 281 g/mol. The van der Waals surface area contributed by atoms with Crippen LogP contribution in [-0.4, -0.2) is 22.6 Å². The maximum atomic E-state index is 13.8. The number of nitrogens with zero attached hydrogens (tertiary/aromatic N) is 1. The Bertz CT molecular complexity index is 540. The van der Waals surface area contributed by atoms with Crippen molar-refractivity contribution in [3.05, 3.63) is 35.9 Å². The summed E-state index contributed by atoms with van der Waals surface area (Å²) < 4.78 is 27.7. The lowest BCUT2D eigenvalue weighted by molar-refractivity contribution is -0.211. The molecule has 1 atom stereocenters. The van der Waals surface area contributed by atoms with Gasteiger partial charge in [0.05, 0.1) is 0 Å². The summed E-state index contributed by atoms with van der Waals surface area (Å²) >= 11 is 0. The molecule has 3 nitrogen and oxygen atoms in total. The van der Waals surface area contributed by atoms with Crippen molar-refractivity contribution in [2.75, 3.05) is 0 Å². The fraction of sp³-hybridized carbons (Fsp3) is 0.467. The van der Waals surface area contributed by atoms with E-state index >= 15 is 0 Å². The molecule has 1 heterocycles. The maximum Gasteiger partial charge on any atom is 0.349 e. The predicted octanol–water partition coefficient (Wildman–Crippen LogP) is 3.17. The zero-order chi connectivity index (χ0) is 15.1. The van der Waals surface area contributed by atoms with Crippen LogP contribution < -0.4 is 0 Å². The number of alkyl halides is 2. The molecule has 2 amide bonds. The Morgan fingerprint density at radius 2 is 1.85 bits per heavy atom. The molecular formula is C15H17F2NO2. The van der Waals surface area contributed by atoms with Crippen LogP contribution in [0.25, 0.3) is 0 Å². The molecule has 20 heavy (non-hydrogen) atoms. The van der Waals surface area contributed by atoms with E-state index in [0.717, 1.165) is 0 Å². The highest BCUT2D eigenvalue weighted by molar-refractivity contribution is 6.06. The van der Waals surface area contributed by atoms with Crippen LogP contribution in [0.15, 0.2) is 30.3 Å². The Hall–Kier alpha value is -1.78. The van der Waals surface area contributed by atoms with Gasteiger partial charge in [0, 0.05) is 5.41 Å². The lowest BCUT2D eigenvalue weighted by Crippen LogP contribution is -2.67. The van der Waals surface area contributed by atoms with Gasteiger partial charge in [0.25, 0.3) is 0 Å². The van der Waals surface area contributed by atoms with Gasteiger partial charge in [0.15, 0.2) is 0 Å². The Balaban J connectivity index is 2.38. The van der Waals surface area contributed by atoms with Crippen molar-refractivity contribution >= 4 is 11.8 Å². The Morgan fingerprint density at radius 1 is 1.30 bits per heavy atom. The highest BCUT2D eigenvalue weighted by Gasteiger charge is 2.67. The minimum atomic E-state index is -3.51. The van der Waals surface area contributed by atoms with Gasteiger partial charge in [-0.15, -0.1) is 0 Å². The molecule has 0 bridgehead atoms. The van der Waals surface area contributed by atoms with Gasteiger partial charge in [-0.2, -0.15) is 8.78 Å². The van der Waals surface area contributed by atoms with E-state index < -0.39 is 29.2 Å². The van der Waals surface area contributed by atoms with Crippen molar-refractivity contribution in [2.24, 2.45) is 5.41 Å². The summed E-state index contributed by atoms with van der Waals surface area (Å²) in [5, 5.41) is 0. The molecule has 1 aromatic carbocycles. The van der Waals surface area contributed by atoms with Crippen LogP contribution in [0.4, 0.5) is 8.78 Å². The average Bonchev–Trinajstić information content (AvgIpc) is 2.43. The van der Waals surface area contributed by atoms with E-state index in [9.17, 15) is 18.4 Å². The summed E-state index contributed by atoms with van der Waals surface area (Å²) in [6, 6.07) is 6.44. The van der Waals surface area contributed by atoms with Crippen molar-refractivity contribution in [1.82, 2.24) is 4.90 Å². The average molecular weight is 281 g/mol. The van der Waals surface area contributed by atoms with Crippen molar-refractivity contribution in [1.29, 1.82) is 0 Å². The zero-order valence-corrected chi connectivity index (χ0v) is 11.7. The summed E-state index contributed by atoms with van der Waals surface area (Å²) in [6.07, 6.45) is 0.475. The SMILES string of the molecule is CCC(C)(C)C(=O)N1C(=O)C(F)(F)C1c1ccccc1. The van der Waals surface area contributed by atoms with Gasteiger partial charge in [0.1, 0.15) is 6.04 Å². The van der Waals surface area contributed by atoms with Crippen molar-refractivity contribution in [2.45, 2.75) is 39.2 Å². The number of rotatable bonds is 3. The van der Waals surface area contributed by atoms with Gasteiger partial charge in [-0.3, -0.25) is 14.5 Å². The first-order valence-electron chi connectivity index (χ1n) is 6.54. The van der Waals surface area contributed by atoms with Crippen LogP contribution in [-0.2, 0) is 9.59 Å². The topological polar surface area (TPSA) is 37.4 Å². The highest BCUT2D eigenvalue weighted by atomic mass is 19.3. The number of carbonyl (C=O) groups excluding carboxylic acids is 2. The normalized spacial score (nSPS) is 21.6. The van der Waals surface area contributed by atoms with Gasteiger partial charge in [0.2, 0.25) is 5.91 Å². The standard InChI is InChI=1S/C15H17F2NO2/c1-4-14(2,3)12(19)18-11(15(16,17)13(18)20)10-8-6-5-7-9-10/h5-9,11H,4H2,1-3H3. The number of amides is 2. The molecule has 1 aliphatic rings. The third-order valence-electron chi connectivity index (χ3n) is 3.90. The lowest BCUT2D eigenvalue weighted by Gasteiger charge is -2.47. The first kappa shape index (κ1) is 14.6. The molecule has 0 saturated carbocycles. The Kier molecular flexibility index (Phi) is 3.40. The second-order valence-corrected chi connectivity index (χ2v) is 5.65. The number of halogens is 2. The quantitative estimate of drug-likeness (QED) is 0.798. The minimum absolute atomic E-state index is 0.275. The zero-order valence-electron chi connectivity index (χ0n) is 11.7. The van der Waals surface area contributed by atoms with Crippen LogP contribution in [0.3, 0.4) is 0 Å². The Labute approximate surface area is 116 Å². The minimum Gasteiger partial charge on any atom is -0.274 e. The predicted molar refractivity (Wildman–Crippen MR) is 70.1 cm³/mol. The second kappa shape index (κ2) is 4.65. The molecule has 0 N–H and O–H groups in total. The van der Waals surface area contributed by atoms with Gasteiger partial charge in [-0.05, 0) is 12.0 Å². The second-order valence-electron chi connectivity index (χ2n) is 5.65. The van der Waals surface area contributed by atoms with E-state index in [0.29, 0.717) is 11.3 Å². The molecule has 0 aromatic heterocycles. The number of benzene rings is 1. The molecule has 108 valence electrons. The largest absolute Gasteiger partial charge is 0.349 e. The molecule has 1 aliphatic heterocycles. The van der Waals surface area contributed by atoms with E-state index in [1.165, 1.54) is 12.1 Å². The number of imide groups is 1. The highest BCUT2D eigenvalue weighted by Crippen LogP contribution is 2.49. The van der Waals surface area contributed by atoms with Crippen LogP contribution in [0, 0.1) is 5.41 Å². The summed E-state index contributed by atoms with van der Waals surface area (Å²) in [7, 11) is 0. The first-order chi connectivity index (χ1) is 9.23. The van der Waals surface area contributed by atoms with E-state index in [-0.39, 0.29) is 5.56 Å². The molecule has 1 fully saturated rings. The molecule has 0 aliphatic carbocycles. The van der Waals surface area contributed by atoms with Crippen LogP contribution in [0.2, 0.25) is 0 Å². The summed E-state index contributed by atoms with van der Waals surface area (Å²) in [6.45, 7) is 5.10. The van der Waals surface area contributed by atoms with Crippen LogP contribution in [0.5, 0.6) is 0 Å². The fourth-order valence-corrected chi connectivity index (χ4v) is 2.17. The smallest absolute Gasteiger partial charge is 0.274 e. The van der Waals surface area contributed by atoms with Gasteiger partial charge in [-0.25, -0.2) is 0 Å². The lowest BCUT2D eigenvalue weighted by atomic mass is 9.82. The van der Waals surface area contributed by atoms with Crippen LogP contribution >= 0.6 is 0 Å². The first-order valence-corrected chi connectivity index (χ1v) is 6.54. The van der Waals surface area contributed by atoms with E-state index in [1.807, 2.05) is 0 Å². The van der Waals surface area contributed by atoms with Gasteiger partial charge >= 0.3 is 11.8 Å². The third-order valence-corrected chi connectivity index (χ3v) is 3.90. The Morgan fingerprint density at radius 3 is 2.35 bits per heavy atom. The molecule has 5 heteroatoms. The number of hydrogen-bond donors (Lipinski definition) is 0. The molecule has 2 rings (SSSR count). The fourth-order valence-electron chi connectivity index (χ4n) is 2.17. The van der Waals surface area contributed by atoms with Crippen LogP contribution in [0.1, 0.15) is 38.8 Å². The van der Waals surface area contributed by atoms with Crippen molar-refractivity contribution in [3.63, 3.8) is 0 Å². The molecule has 1 saturated heterocycles. The number of β-lactam (4-membered cyclic amide) rings is 1. The molecule has 1 unspecified atom stereocenters. The molecule has 0 radical (unpaired) electrons. The molecule has 1 aromatic rings. The number of carbonyl (C=O) groups is 2. The maximum absolute atomic E-state index is 13.8.